The van der Waals surface area contributed by atoms with Crippen molar-refractivity contribution < 1.29 is 16.8 Å². The van der Waals surface area contributed by atoms with Crippen LogP contribution in [0.3, 0.4) is 0 Å². The Morgan fingerprint density at radius 1 is 0.848 bits per heavy atom. The third kappa shape index (κ3) is 4.90. The molecule has 2 aromatic rings. The fourth-order valence-corrected chi connectivity index (χ4v) is 10.5. The van der Waals surface area contributed by atoms with Gasteiger partial charge in [0, 0.05) is 38.8 Å². The van der Waals surface area contributed by atoms with Crippen LogP contribution in [0.25, 0.3) is 0 Å². The lowest BCUT2D eigenvalue weighted by Crippen LogP contribution is -2.54. The van der Waals surface area contributed by atoms with Crippen LogP contribution in [-0.2, 0) is 39.1 Å². The monoisotopic (exact) mass is 488 g/mol. The van der Waals surface area contributed by atoms with Crippen molar-refractivity contribution >= 4 is 19.7 Å². The van der Waals surface area contributed by atoms with Crippen LogP contribution in [0.5, 0.6) is 0 Å². The van der Waals surface area contributed by atoms with E-state index in [1.54, 1.807) is 6.07 Å². The van der Waals surface area contributed by atoms with E-state index in [0.29, 0.717) is 13.1 Å². The zero-order valence-electron chi connectivity index (χ0n) is 18.9. The van der Waals surface area contributed by atoms with Crippen LogP contribution < -0.4 is 0 Å². The zero-order chi connectivity index (χ0) is 23.1. The molecule has 2 saturated heterocycles. The van der Waals surface area contributed by atoms with Crippen LogP contribution in [0.4, 0.5) is 0 Å². The molecule has 178 valence electrons. The maximum Gasteiger partial charge on any atom is 0.183 e. The van der Waals surface area contributed by atoms with Crippen molar-refractivity contribution in [3.8, 4) is 0 Å². The predicted molar refractivity (Wildman–Crippen MR) is 130 cm³/mol. The van der Waals surface area contributed by atoms with Gasteiger partial charge in [-0.15, -0.1) is 0 Å². The summed E-state index contributed by atoms with van der Waals surface area (Å²) in [6.07, 6.45) is 4.10. The minimum absolute atomic E-state index is 0.0689. The normalized spacial score (nSPS) is 26.2. The van der Waals surface area contributed by atoms with E-state index in [0.717, 1.165) is 50.9 Å². The molecule has 0 amide bonds. The van der Waals surface area contributed by atoms with Gasteiger partial charge < -0.3 is 0 Å². The number of hydrogen-bond acceptors (Lipinski definition) is 6. The molecule has 0 unspecified atom stereocenters. The van der Waals surface area contributed by atoms with Crippen molar-refractivity contribution in [2.75, 3.05) is 37.7 Å². The Labute approximate surface area is 197 Å². The molecule has 0 aromatic heterocycles. The van der Waals surface area contributed by atoms with E-state index in [1.807, 2.05) is 30.3 Å². The predicted octanol–water partition coefficient (Wildman–Crippen LogP) is 2.32. The highest BCUT2D eigenvalue weighted by atomic mass is 32.2. The Morgan fingerprint density at radius 3 is 2.27 bits per heavy atom. The second-order valence-electron chi connectivity index (χ2n) is 9.66. The number of hydrogen-bond donors (Lipinski definition) is 0. The van der Waals surface area contributed by atoms with Gasteiger partial charge in [-0.2, -0.15) is 0 Å². The average Bonchev–Trinajstić information content (AvgIpc) is 3.16. The summed E-state index contributed by atoms with van der Waals surface area (Å²) in [6, 6.07) is 15.2. The summed E-state index contributed by atoms with van der Waals surface area (Å²) >= 11 is 0. The summed E-state index contributed by atoms with van der Waals surface area (Å²) in [7, 11) is -7.14. The molecule has 6 nitrogen and oxygen atoms in total. The van der Waals surface area contributed by atoms with Crippen LogP contribution in [-0.4, -0.2) is 75.6 Å². The first-order valence-electron chi connectivity index (χ1n) is 11.9. The van der Waals surface area contributed by atoms with Crippen molar-refractivity contribution in [2.45, 2.75) is 48.4 Å². The summed E-state index contributed by atoms with van der Waals surface area (Å²) in [6.45, 7) is 3.83. The third-order valence-corrected chi connectivity index (χ3v) is 11.6. The molecule has 5 rings (SSSR count). The van der Waals surface area contributed by atoms with E-state index in [9.17, 15) is 16.8 Å². The van der Waals surface area contributed by atoms with E-state index in [2.05, 4.69) is 21.9 Å². The summed E-state index contributed by atoms with van der Waals surface area (Å²) < 4.78 is 52.5. The van der Waals surface area contributed by atoms with Crippen molar-refractivity contribution in [3.63, 3.8) is 0 Å². The molecule has 2 aliphatic heterocycles. The van der Waals surface area contributed by atoms with Crippen molar-refractivity contribution in [1.29, 1.82) is 0 Å². The lowest BCUT2D eigenvalue weighted by molar-refractivity contribution is 0.101. The fraction of sp³-hybridized carbons (Fsp3) is 0.520. The molecule has 8 heteroatoms. The standard InChI is InChI=1S/C25H32N2O4S2/c28-32(29)18-24(27-14-12-26(13-15-27)17-20-6-2-1-3-7-20)25(19-32)33(30,31)23-11-10-21-8-4-5-9-22(21)16-23/h1-3,6-7,10-11,16,24-25H,4-5,8-9,12-15,17-19H2/t24-,25-/m0/s1. The highest BCUT2D eigenvalue weighted by Crippen LogP contribution is 2.32. The molecular weight excluding hydrogens is 456 g/mol. The van der Waals surface area contributed by atoms with Crippen LogP contribution in [0, 0.1) is 0 Å². The third-order valence-electron chi connectivity index (χ3n) is 7.44. The molecule has 3 aliphatic rings. The number of aryl methyl sites for hydroxylation is 2. The lowest BCUT2D eigenvalue weighted by Gasteiger charge is -2.39. The Balaban J connectivity index is 1.33. The summed E-state index contributed by atoms with van der Waals surface area (Å²) in [5.41, 5.74) is 3.59. The van der Waals surface area contributed by atoms with Crippen LogP contribution in [0.1, 0.15) is 29.5 Å². The minimum atomic E-state index is -3.74. The van der Waals surface area contributed by atoms with Gasteiger partial charge in [0.2, 0.25) is 0 Å². The van der Waals surface area contributed by atoms with Gasteiger partial charge in [-0.3, -0.25) is 9.80 Å². The second kappa shape index (κ2) is 9.13. The van der Waals surface area contributed by atoms with E-state index >= 15 is 0 Å². The number of rotatable bonds is 5. The van der Waals surface area contributed by atoms with Gasteiger partial charge in [-0.05, 0) is 54.5 Å². The highest BCUT2D eigenvalue weighted by Gasteiger charge is 2.48. The highest BCUT2D eigenvalue weighted by molar-refractivity contribution is 7.96. The van der Waals surface area contributed by atoms with E-state index < -0.39 is 31.0 Å². The van der Waals surface area contributed by atoms with Crippen LogP contribution in [0.2, 0.25) is 0 Å². The summed E-state index contributed by atoms with van der Waals surface area (Å²) in [5, 5.41) is -0.898. The maximum atomic E-state index is 13.7. The van der Waals surface area contributed by atoms with Gasteiger partial charge in [0.15, 0.2) is 19.7 Å². The van der Waals surface area contributed by atoms with Crippen LogP contribution >= 0.6 is 0 Å². The number of piperazine rings is 1. The average molecular weight is 489 g/mol. The lowest BCUT2D eigenvalue weighted by atomic mass is 9.92. The Bertz CT molecular complexity index is 1200. The van der Waals surface area contributed by atoms with Crippen molar-refractivity contribution in [3.05, 3.63) is 65.2 Å². The van der Waals surface area contributed by atoms with Crippen LogP contribution in [0.15, 0.2) is 53.4 Å². The molecule has 2 aromatic carbocycles. The number of nitrogens with zero attached hydrogens (tertiary/aromatic N) is 2. The number of benzene rings is 2. The first-order valence-corrected chi connectivity index (χ1v) is 15.3. The Kier molecular flexibility index (Phi) is 6.37. The van der Waals surface area contributed by atoms with Crippen molar-refractivity contribution in [2.24, 2.45) is 0 Å². The molecule has 2 heterocycles. The number of fused-ring (bicyclic) bond motifs is 1. The molecule has 0 radical (unpaired) electrons. The minimum Gasteiger partial charge on any atom is -0.297 e. The maximum absolute atomic E-state index is 13.7. The summed E-state index contributed by atoms with van der Waals surface area (Å²) in [5.74, 6) is -0.345. The van der Waals surface area contributed by atoms with Gasteiger partial charge in [-0.1, -0.05) is 36.4 Å². The number of sulfone groups is 2. The first kappa shape index (κ1) is 23.0. The van der Waals surface area contributed by atoms with Crippen molar-refractivity contribution in [1.82, 2.24) is 9.80 Å². The molecule has 0 spiro atoms. The fourth-order valence-electron chi connectivity index (χ4n) is 5.59. The van der Waals surface area contributed by atoms with Gasteiger partial charge in [0.1, 0.15) is 0 Å². The van der Waals surface area contributed by atoms with Gasteiger partial charge in [-0.25, -0.2) is 16.8 Å². The first-order chi connectivity index (χ1) is 15.8. The zero-order valence-corrected chi connectivity index (χ0v) is 20.5. The molecule has 1 aliphatic carbocycles. The molecule has 0 saturated carbocycles. The molecule has 2 atom stereocenters. The SMILES string of the molecule is O=S1(=O)C[C@H](N2CCN(Cc3ccccc3)CC2)[C@@H](S(=O)(=O)c2ccc3c(c2)CCCC3)C1. The topological polar surface area (TPSA) is 74.8 Å². The van der Waals surface area contributed by atoms with E-state index in [4.69, 9.17) is 0 Å². The van der Waals surface area contributed by atoms with E-state index in [-0.39, 0.29) is 16.4 Å². The smallest absolute Gasteiger partial charge is 0.183 e. The largest absolute Gasteiger partial charge is 0.297 e. The van der Waals surface area contributed by atoms with E-state index in [1.165, 1.54) is 11.1 Å². The van der Waals surface area contributed by atoms with Gasteiger partial charge >= 0.3 is 0 Å². The summed E-state index contributed by atoms with van der Waals surface area (Å²) in [4.78, 5) is 4.74. The van der Waals surface area contributed by atoms with Gasteiger partial charge in [0.05, 0.1) is 21.7 Å². The Hall–Kier alpha value is -1.74. The molecule has 0 bridgehead atoms. The molecular formula is C25H32N2O4S2. The Morgan fingerprint density at radius 2 is 1.55 bits per heavy atom. The molecule has 2 fully saturated rings. The molecule has 33 heavy (non-hydrogen) atoms. The second-order valence-corrected chi connectivity index (χ2v) is 14.0. The quantitative estimate of drug-likeness (QED) is 0.643. The van der Waals surface area contributed by atoms with Gasteiger partial charge in [0.25, 0.3) is 0 Å². The molecule has 0 N–H and O–H groups in total.